The van der Waals surface area contributed by atoms with Gasteiger partial charge in [0.1, 0.15) is 17.2 Å². The molecule has 1 fully saturated rings. The second-order valence-corrected chi connectivity index (χ2v) is 9.68. The monoisotopic (exact) mass is 478 g/mol. The minimum absolute atomic E-state index is 0.392. The Morgan fingerprint density at radius 2 is 1.34 bits per heavy atom. The van der Waals surface area contributed by atoms with Crippen LogP contribution < -0.4 is 14.2 Å². The second-order valence-electron chi connectivity index (χ2n) is 9.68. The zero-order valence-corrected chi connectivity index (χ0v) is 21.4. The van der Waals surface area contributed by atoms with Gasteiger partial charge in [-0.15, -0.1) is 6.58 Å². The number of hydrogen-bond acceptors (Lipinski definition) is 4. The number of rotatable bonds is 15. The summed E-state index contributed by atoms with van der Waals surface area (Å²) in [7, 11) is 0. The van der Waals surface area contributed by atoms with Crippen LogP contribution in [0.5, 0.6) is 17.2 Å². The van der Waals surface area contributed by atoms with Crippen LogP contribution in [0.1, 0.15) is 87.9 Å². The first-order chi connectivity index (χ1) is 17.2. The van der Waals surface area contributed by atoms with Gasteiger partial charge in [0.15, 0.2) is 0 Å². The molecule has 1 aliphatic carbocycles. The number of benzene rings is 2. The van der Waals surface area contributed by atoms with Crippen LogP contribution in [0.15, 0.2) is 61.2 Å². The maximum atomic E-state index is 12.4. The normalized spacial score (nSPS) is 17.5. The molecule has 0 N–H and O–H groups in total. The highest BCUT2D eigenvalue weighted by Crippen LogP contribution is 2.34. The van der Waals surface area contributed by atoms with E-state index in [9.17, 15) is 4.79 Å². The summed E-state index contributed by atoms with van der Waals surface area (Å²) >= 11 is 0. The van der Waals surface area contributed by atoms with Crippen molar-refractivity contribution in [2.45, 2.75) is 77.6 Å². The average molecular weight is 479 g/mol. The van der Waals surface area contributed by atoms with Crippen molar-refractivity contribution in [1.29, 1.82) is 0 Å². The number of carbonyl (C=O) groups is 1. The maximum absolute atomic E-state index is 12.4. The van der Waals surface area contributed by atoms with Gasteiger partial charge < -0.3 is 14.2 Å². The summed E-state index contributed by atoms with van der Waals surface area (Å²) < 4.78 is 17.0. The van der Waals surface area contributed by atoms with Gasteiger partial charge in [-0.2, -0.15) is 0 Å². The summed E-state index contributed by atoms with van der Waals surface area (Å²) in [5.74, 6) is 3.49. The van der Waals surface area contributed by atoms with Crippen LogP contribution in [0.2, 0.25) is 0 Å². The lowest BCUT2D eigenvalue weighted by Gasteiger charge is -2.28. The molecule has 1 saturated carbocycles. The Hall–Kier alpha value is -2.75. The molecule has 190 valence electrons. The Labute approximate surface area is 211 Å². The van der Waals surface area contributed by atoms with Crippen LogP contribution in [0.3, 0.4) is 0 Å². The Kier molecular flexibility index (Phi) is 11.7. The van der Waals surface area contributed by atoms with Crippen LogP contribution in [0, 0.1) is 11.8 Å². The summed E-state index contributed by atoms with van der Waals surface area (Å²) in [5, 5.41) is 0. The van der Waals surface area contributed by atoms with Crippen LogP contribution in [-0.2, 0) is 0 Å². The van der Waals surface area contributed by atoms with E-state index in [1.165, 1.54) is 57.8 Å². The summed E-state index contributed by atoms with van der Waals surface area (Å²) in [6, 6.07) is 14.2. The summed E-state index contributed by atoms with van der Waals surface area (Å²) in [6.07, 6.45) is 16.1. The molecule has 4 nitrogen and oxygen atoms in total. The number of esters is 1. The van der Waals surface area contributed by atoms with Gasteiger partial charge >= 0.3 is 5.97 Å². The molecule has 4 heteroatoms. The topological polar surface area (TPSA) is 44.8 Å². The lowest BCUT2D eigenvalue weighted by Crippen LogP contribution is -2.15. The molecule has 0 unspecified atom stereocenters. The third-order valence-corrected chi connectivity index (χ3v) is 6.92. The first kappa shape index (κ1) is 26.8. The number of carbonyl (C=O) groups excluding carboxylic acids is 1. The van der Waals surface area contributed by atoms with Gasteiger partial charge in [-0.3, -0.25) is 0 Å². The third-order valence-electron chi connectivity index (χ3n) is 6.92. The number of ether oxygens (including phenoxy) is 3. The molecule has 0 aromatic heterocycles. The van der Waals surface area contributed by atoms with Crippen LogP contribution in [-0.4, -0.2) is 19.2 Å². The molecule has 0 aliphatic heterocycles. The van der Waals surface area contributed by atoms with Crippen LogP contribution in [0.25, 0.3) is 0 Å². The molecule has 3 rings (SSSR count). The standard InChI is InChI=1S/C31H42O4/c1-3-5-7-9-25-11-13-26(14-12-25)10-8-24-34-29-19-21-30(22-20-29)35-31(32)27-15-17-28(18-16-27)33-23-6-4-2/h4,15-22,25-26H,2-3,5-14,23-24H2,1H3/t25-,26-. The predicted molar refractivity (Wildman–Crippen MR) is 142 cm³/mol. The quantitative estimate of drug-likeness (QED) is 0.112. The third kappa shape index (κ3) is 9.79. The van der Waals surface area contributed by atoms with E-state index in [1.54, 1.807) is 36.4 Å². The van der Waals surface area contributed by atoms with Crippen LogP contribution in [0.4, 0.5) is 0 Å². The van der Waals surface area contributed by atoms with Crippen molar-refractivity contribution >= 4 is 5.97 Å². The molecule has 2 aromatic carbocycles. The molecule has 1 aliphatic rings. The van der Waals surface area contributed by atoms with Crippen molar-refractivity contribution in [3.63, 3.8) is 0 Å². The van der Waals surface area contributed by atoms with Gasteiger partial charge in [-0.1, -0.05) is 64.4 Å². The molecular formula is C31H42O4. The highest BCUT2D eigenvalue weighted by molar-refractivity contribution is 5.91. The number of hydrogen-bond donors (Lipinski definition) is 0. The van der Waals surface area contributed by atoms with Crippen molar-refractivity contribution in [2.24, 2.45) is 11.8 Å². The van der Waals surface area contributed by atoms with E-state index in [1.807, 2.05) is 18.2 Å². The van der Waals surface area contributed by atoms with Gasteiger partial charge in [0.2, 0.25) is 0 Å². The summed E-state index contributed by atoms with van der Waals surface area (Å²) in [5.41, 5.74) is 0.483. The molecule has 0 spiro atoms. The van der Waals surface area contributed by atoms with E-state index in [2.05, 4.69) is 13.5 Å². The zero-order valence-electron chi connectivity index (χ0n) is 21.4. The molecular weight excluding hydrogens is 436 g/mol. The van der Waals surface area contributed by atoms with Gasteiger partial charge in [0, 0.05) is 0 Å². The molecule has 0 radical (unpaired) electrons. The molecule has 0 saturated heterocycles. The fourth-order valence-corrected chi connectivity index (χ4v) is 4.77. The fraction of sp³-hybridized carbons (Fsp3) is 0.516. The molecule has 0 amide bonds. The molecule has 0 bridgehead atoms. The van der Waals surface area contributed by atoms with E-state index in [0.29, 0.717) is 17.9 Å². The van der Waals surface area contributed by atoms with E-state index in [0.717, 1.165) is 42.8 Å². The summed E-state index contributed by atoms with van der Waals surface area (Å²) in [6.45, 7) is 7.26. The Bertz CT molecular complexity index is 864. The van der Waals surface area contributed by atoms with Gasteiger partial charge in [0.25, 0.3) is 0 Å². The van der Waals surface area contributed by atoms with Gasteiger partial charge in [-0.05, 0) is 79.6 Å². The van der Waals surface area contributed by atoms with E-state index in [4.69, 9.17) is 14.2 Å². The van der Waals surface area contributed by atoms with E-state index in [-0.39, 0.29) is 0 Å². The Morgan fingerprint density at radius 1 is 0.800 bits per heavy atom. The Balaban J connectivity index is 1.31. The first-order valence-electron chi connectivity index (χ1n) is 13.5. The van der Waals surface area contributed by atoms with Crippen molar-refractivity contribution in [3.8, 4) is 17.2 Å². The predicted octanol–water partition coefficient (Wildman–Crippen LogP) is 8.41. The lowest BCUT2D eigenvalue weighted by atomic mass is 9.78. The van der Waals surface area contributed by atoms with Gasteiger partial charge in [0.05, 0.1) is 18.8 Å². The molecule has 0 atom stereocenters. The van der Waals surface area contributed by atoms with Crippen molar-refractivity contribution in [1.82, 2.24) is 0 Å². The van der Waals surface area contributed by atoms with Crippen molar-refractivity contribution < 1.29 is 19.0 Å². The minimum atomic E-state index is -0.392. The maximum Gasteiger partial charge on any atom is 0.343 e. The largest absolute Gasteiger partial charge is 0.494 e. The van der Waals surface area contributed by atoms with Crippen molar-refractivity contribution in [2.75, 3.05) is 13.2 Å². The minimum Gasteiger partial charge on any atom is -0.494 e. The highest BCUT2D eigenvalue weighted by Gasteiger charge is 2.20. The van der Waals surface area contributed by atoms with Gasteiger partial charge in [-0.25, -0.2) is 4.79 Å². The zero-order chi connectivity index (χ0) is 24.7. The second kappa shape index (κ2) is 15.3. The van der Waals surface area contributed by atoms with E-state index < -0.39 is 5.97 Å². The van der Waals surface area contributed by atoms with Crippen molar-refractivity contribution in [3.05, 3.63) is 66.7 Å². The highest BCUT2D eigenvalue weighted by atomic mass is 16.5. The SMILES string of the molecule is C=CCCOc1ccc(C(=O)Oc2ccc(OCCC[C@H]3CC[C@H](CCCCC)CC3)cc2)cc1. The molecule has 2 aromatic rings. The summed E-state index contributed by atoms with van der Waals surface area (Å²) in [4.78, 5) is 12.4. The number of unbranched alkanes of at least 4 members (excludes halogenated alkanes) is 2. The smallest absolute Gasteiger partial charge is 0.343 e. The molecule has 35 heavy (non-hydrogen) atoms. The Morgan fingerprint density at radius 3 is 1.94 bits per heavy atom. The van der Waals surface area contributed by atoms with Crippen LogP contribution >= 0.6 is 0 Å². The lowest BCUT2D eigenvalue weighted by molar-refractivity contribution is 0.0734. The van der Waals surface area contributed by atoms with E-state index >= 15 is 0 Å². The average Bonchev–Trinajstić information content (AvgIpc) is 2.89. The molecule has 0 heterocycles. The first-order valence-corrected chi connectivity index (χ1v) is 13.5. The fourth-order valence-electron chi connectivity index (χ4n) is 4.77.